The van der Waals surface area contributed by atoms with Crippen molar-refractivity contribution in [1.29, 1.82) is 0 Å². The van der Waals surface area contributed by atoms with E-state index >= 15 is 0 Å². The second-order valence-corrected chi connectivity index (χ2v) is 10.1. The maximum absolute atomic E-state index is 13.1. The Morgan fingerprint density at radius 3 is 1.74 bits per heavy atom. The van der Waals surface area contributed by atoms with Crippen LogP contribution >= 0.6 is 0 Å². The van der Waals surface area contributed by atoms with Crippen LogP contribution in [0.5, 0.6) is 0 Å². The first-order valence-corrected chi connectivity index (χ1v) is 14.0. The van der Waals surface area contributed by atoms with Crippen molar-refractivity contribution < 1.29 is 14.3 Å². The Labute approximate surface area is 246 Å². The summed E-state index contributed by atoms with van der Waals surface area (Å²) in [5.74, 6) is -1.00. The van der Waals surface area contributed by atoms with E-state index in [4.69, 9.17) is 21.9 Å². The molecule has 0 spiro atoms. The summed E-state index contributed by atoms with van der Waals surface area (Å²) in [5, 5.41) is 2.78. The molecule has 42 heavy (non-hydrogen) atoms. The van der Waals surface area contributed by atoms with Gasteiger partial charge in [0.1, 0.15) is 12.6 Å². The van der Waals surface area contributed by atoms with E-state index in [1.807, 2.05) is 109 Å². The van der Waals surface area contributed by atoms with E-state index in [1.54, 1.807) is 0 Å². The fourth-order valence-electron chi connectivity index (χ4n) is 4.52. The van der Waals surface area contributed by atoms with Crippen molar-refractivity contribution in [3.63, 3.8) is 0 Å². The molecule has 1 amide bonds. The van der Waals surface area contributed by atoms with Crippen LogP contribution in [0.25, 0.3) is 22.3 Å². The van der Waals surface area contributed by atoms with Crippen LogP contribution in [0.15, 0.2) is 114 Å². The summed E-state index contributed by atoms with van der Waals surface area (Å²) in [6.45, 7) is 0.400. The van der Waals surface area contributed by atoms with Crippen molar-refractivity contribution in [2.24, 2.45) is 22.2 Å². The quantitative estimate of drug-likeness (QED) is 0.0831. The molecule has 216 valence electrons. The number of ether oxygens (including phenoxy) is 1. The molecule has 0 aliphatic carbocycles. The maximum atomic E-state index is 13.1. The Hall–Kier alpha value is -4.95. The van der Waals surface area contributed by atoms with Crippen molar-refractivity contribution in [1.82, 2.24) is 5.32 Å². The number of nitrogens with zero attached hydrogens (tertiary/aromatic N) is 1. The van der Waals surface area contributed by atoms with E-state index in [0.717, 1.165) is 33.4 Å². The minimum atomic E-state index is -0.887. The van der Waals surface area contributed by atoms with Crippen LogP contribution in [-0.4, -0.2) is 36.5 Å². The lowest BCUT2D eigenvalue weighted by Gasteiger charge is -2.20. The SMILES string of the molecule is NC(N)=NCCC[C@H](NC(=O)[C@@H](N)Cc1ccc(-c2ccccc2)cc1)C(=O)OCc1ccc(-c2ccccc2)cc1. The molecule has 0 aromatic heterocycles. The monoisotopic (exact) mass is 563 g/mol. The smallest absolute Gasteiger partial charge is 0.328 e. The van der Waals surface area contributed by atoms with Gasteiger partial charge in [-0.25, -0.2) is 4.79 Å². The highest BCUT2D eigenvalue weighted by Gasteiger charge is 2.25. The third kappa shape index (κ3) is 9.04. The number of esters is 1. The molecular weight excluding hydrogens is 526 g/mol. The number of benzene rings is 4. The Bertz CT molecular complexity index is 1450. The summed E-state index contributed by atoms with van der Waals surface area (Å²) in [5.41, 5.74) is 23.2. The number of hydrogen-bond donors (Lipinski definition) is 4. The van der Waals surface area contributed by atoms with Gasteiger partial charge in [-0.05, 0) is 52.6 Å². The second-order valence-electron chi connectivity index (χ2n) is 10.1. The molecule has 0 unspecified atom stereocenters. The van der Waals surface area contributed by atoms with Gasteiger partial charge in [-0.15, -0.1) is 0 Å². The largest absolute Gasteiger partial charge is 0.459 e. The number of hydrogen-bond acceptors (Lipinski definition) is 5. The Morgan fingerprint density at radius 1 is 0.714 bits per heavy atom. The lowest BCUT2D eigenvalue weighted by molar-refractivity contribution is -0.149. The number of aliphatic imine (C=N–C) groups is 1. The molecule has 0 radical (unpaired) electrons. The van der Waals surface area contributed by atoms with E-state index in [1.165, 1.54) is 0 Å². The first kappa shape index (κ1) is 30.0. The van der Waals surface area contributed by atoms with Crippen molar-refractivity contribution in [2.45, 2.75) is 38.0 Å². The van der Waals surface area contributed by atoms with Gasteiger partial charge < -0.3 is 27.3 Å². The first-order valence-electron chi connectivity index (χ1n) is 14.0. The zero-order valence-electron chi connectivity index (χ0n) is 23.5. The van der Waals surface area contributed by atoms with Crippen LogP contribution in [0.1, 0.15) is 24.0 Å². The third-order valence-corrected chi connectivity index (χ3v) is 6.84. The molecule has 8 heteroatoms. The normalized spacial score (nSPS) is 12.1. The fourth-order valence-corrected chi connectivity index (χ4v) is 4.52. The summed E-state index contributed by atoms with van der Waals surface area (Å²) in [7, 11) is 0. The van der Waals surface area contributed by atoms with Crippen LogP contribution in [0, 0.1) is 0 Å². The molecular formula is C34H37N5O3. The first-order chi connectivity index (χ1) is 20.4. The van der Waals surface area contributed by atoms with Crippen molar-refractivity contribution in [3.8, 4) is 22.3 Å². The average Bonchev–Trinajstić information content (AvgIpc) is 3.02. The molecule has 4 aromatic carbocycles. The van der Waals surface area contributed by atoms with Gasteiger partial charge in [0.15, 0.2) is 5.96 Å². The number of amides is 1. The van der Waals surface area contributed by atoms with Gasteiger partial charge in [0.25, 0.3) is 0 Å². The average molecular weight is 564 g/mol. The van der Waals surface area contributed by atoms with Gasteiger partial charge in [-0.3, -0.25) is 9.79 Å². The van der Waals surface area contributed by atoms with Gasteiger partial charge in [-0.2, -0.15) is 0 Å². The van der Waals surface area contributed by atoms with Crippen molar-refractivity contribution in [3.05, 3.63) is 120 Å². The molecule has 0 bridgehead atoms. The van der Waals surface area contributed by atoms with Crippen molar-refractivity contribution in [2.75, 3.05) is 6.54 Å². The molecule has 0 aliphatic rings. The van der Waals surface area contributed by atoms with Crippen LogP contribution < -0.4 is 22.5 Å². The summed E-state index contributed by atoms with van der Waals surface area (Å²) < 4.78 is 5.59. The number of rotatable bonds is 13. The van der Waals surface area contributed by atoms with E-state index in [9.17, 15) is 9.59 Å². The number of nitrogens with two attached hydrogens (primary N) is 3. The van der Waals surface area contributed by atoms with Crippen LogP contribution in [-0.2, 0) is 27.4 Å². The Kier molecular flexibility index (Phi) is 10.8. The standard InChI is InChI=1S/C34H37N5O3/c35-30(22-24-13-17-28(18-14-24)26-8-3-1-4-9-26)32(40)39-31(12-7-21-38-34(36)37)33(41)42-23-25-15-19-29(20-16-25)27-10-5-2-6-11-27/h1-6,8-11,13-20,30-31H,7,12,21-23,35H2,(H,39,40)(H4,36,37,38)/t30-,31-/m0/s1. The predicted octanol–water partition coefficient (Wildman–Crippen LogP) is 4.17. The lowest BCUT2D eigenvalue weighted by atomic mass is 10.0. The molecule has 0 heterocycles. The van der Waals surface area contributed by atoms with Gasteiger partial charge in [0.05, 0.1) is 6.04 Å². The molecule has 0 aliphatic heterocycles. The molecule has 0 saturated carbocycles. The van der Waals surface area contributed by atoms with Crippen LogP contribution in [0.3, 0.4) is 0 Å². The van der Waals surface area contributed by atoms with E-state index in [0.29, 0.717) is 25.8 Å². The molecule has 4 rings (SSSR count). The van der Waals surface area contributed by atoms with E-state index in [2.05, 4.69) is 10.3 Å². The molecule has 2 atom stereocenters. The number of guanidine groups is 1. The highest BCUT2D eigenvalue weighted by atomic mass is 16.5. The molecule has 4 aromatic rings. The van der Waals surface area contributed by atoms with Gasteiger partial charge in [0.2, 0.25) is 5.91 Å². The van der Waals surface area contributed by atoms with Crippen LogP contribution in [0.2, 0.25) is 0 Å². The predicted molar refractivity (Wildman–Crippen MR) is 167 cm³/mol. The molecule has 8 nitrogen and oxygen atoms in total. The minimum absolute atomic E-state index is 0.0302. The zero-order valence-corrected chi connectivity index (χ0v) is 23.5. The van der Waals surface area contributed by atoms with Gasteiger partial charge >= 0.3 is 5.97 Å². The summed E-state index contributed by atoms with van der Waals surface area (Å²) in [6, 6.07) is 34.1. The van der Waals surface area contributed by atoms with Crippen molar-refractivity contribution >= 4 is 17.8 Å². The number of carbonyl (C=O) groups excluding carboxylic acids is 2. The lowest BCUT2D eigenvalue weighted by Crippen LogP contribution is -2.49. The topological polar surface area (TPSA) is 146 Å². The Balaban J connectivity index is 1.34. The second kappa shape index (κ2) is 15.2. The number of nitrogens with one attached hydrogen (secondary N) is 1. The molecule has 0 saturated heterocycles. The highest BCUT2D eigenvalue weighted by Crippen LogP contribution is 2.21. The van der Waals surface area contributed by atoms with E-state index < -0.39 is 24.0 Å². The zero-order chi connectivity index (χ0) is 29.7. The third-order valence-electron chi connectivity index (χ3n) is 6.84. The molecule has 7 N–H and O–H groups in total. The summed E-state index contributed by atoms with van der Waals surface area (Å²) in [4.78, 5) is 30.0. The molecule has 0 fully saturated rings. The maximum Gasteiger partial charge on any atom is 0.328 e. The number of carbonyl (C=O) groups is 2. The summed E-state index contributed by atoms with van der Waals surface area (Å²) in [6.07, 6.45) is 1.09. The van der Waals surface area contributed by atoms with E-state index in [-0.39, 0.29) is 12.6 Å². The van der Waals surface area contributed by atoms with Gasteiger partial charge in [0, 0.05) is 6.54 Å². The Morgan fingerprint density at radius 2 is 1.21 bits per heavy atom. The summed E-state index contributed by atoms with van der Waals surface area (Å²) >= 11 is 0. The van der Waals surface area contributed by atoms with Crippen LogP contribution in [0.4, 0.5) is 0 Å². The van der Waals surface area contributed by atoms with Gasteiger partial charge in [-0.1, -0.05) is 109 Å². The fraction of sp³-hybridized carbons (Fsp3) is 0.206. The minimum Gasteiger partial charge on any atom is -0.459 e. The highest BCUT2D eigenvalue weighted by molar-refractivity contribution is 5.87.